The van der Waals surface area contributed by atoms with Crippen molar-refractivity contribution in [2.24, 2.45) is 5.92 Å². The van der Waals surface area contributed by atoms with Crippen LogP contribution < -0.4 is 10.6 Å². The Labute approximate surface area is 117 Å². The van der Waals surface area contributed by atoms with Crippen molar-refractivity contribution < 1.29 is 13.6 Å². The highest BCUT2D eigenvalue weighted by atomic mass is 35.5. The molecule has 1 aliphatic rings. The molecule has 2 N–H and O–H groups in total. The van der Waals surface area contributed by atoms with E-state index in [1.165, 1.54) is 6.07 Å². The molecule has 1 aliphatic heterocycles. The molecule has 19 heavy (non-hydrogen) atoms. The third-order valence-electron chi connectivity index (χ3n) is 3.23. The minimum atomic E-state index is -0.903. The summed E-state index contributed by atoms with van der Waals surface area (Å²) in [5.74, 6) is -1.89. The van der Waals surface area contributed by atoms with Crippen LogP contribution in [-0.4, -0.2) is 19.0 Å². The van der Waals surface area contributed by atoms with Crippen molar-refractivity contribution in [2.45, 2.75) is 19.4 Å². The Morgan fingerprint density at radius 3 is 2.42 bits per heavy atom. The first-order chi connectivity index (χ1) is 8.40. The molecule has 0 aliphatic carbocycles. The van der Waals surface area contributed by atoms with E-state index in [0.29, 0.717) is 18.7 Å². The zero-order valence-electron chi connectivity index (χ0n) is 10.8. The van der Waals surface area contributed by atoms with Crippen LogP contribution in [0.4, 0.5) is 8.78 Å². The lowest BCUT2D eigenvalue weighted by molar-refractivity contribution is -0.128. The highest BCUT2D eigenvalue weighted by Gasteiger charge is 2.30. The predicted molar refractivity (Wildman–Crippen MR) is 71.1 cm³/mol. The van der Waals surface area contributed by atoms with Crippen LogP contribution in [0, 0.1) is 17.6 Å². The number of hydrogen-bond acceptors (Lipinski definition) is 2. The number of rotatable bonds is 3. The fourth-order valence-electron chi connectivity index (χ4n) is 1.84. The van der Waals surface area contributed by atoms with Gasteiger partial charge in [-0.25, -0.2) is 8.78 Å². The lowest BCUT2D eigenvalue weighted by Gasteiger charge is -2.32. The zero-order valence-corrected chi connectivity index (χ0v) is 11.6. The second-order valence-electron chi connectivity index (χ2n) is 5.10. The second kappa shape index (κ2) is 5.84. The molecule has 6 heteroatoms. The Bertz CT molecular complexity index is 476. The van der Waals surface area contributed by atoms with E-state index >= 15 is 0 Å². The fourth-order valence-corrected chi connectivity index (χ4v) is 1.84. The predicted octanol–water partition coefficient (Wildman–Crippen LogP) is 1.96. The molecule has 1 aromatic rings. The van der Waals surface area contributed by atoms with Gasteiger partial charge in [-0.3, -0.25) is 4.79 Å². The number of halogens is 3. The summed E-state index contributed by atoms with van der Waals surface area (Å²) in [6, 6.07) is 3.68. The molecule has 0 bridgehead atoms. The average molecular weight is 291 g/mol. The number of nitrogens with one attached hydrogen (secondary N) is 2. The van der Waals surface area contributed by atoms with Crippen molar-refractivity contribution in [1.82, 2.24) is 10.6 Å². The van der Waals surface area contributed by atoms with Crippen molar-refractivity contribution in [3.63, 3.8) is 0 Å². The van der Waals surface area contributed by atoms with Gasteiger partial charge in [0.05, 0.1) is 11.5 Å². The third kappa shape index (κ3) is 3.42. The van der Waals surface area contributed by atoms with Gasteiger partial charge in [-0.15, -0.1) is 12.4 Å². The maximum absolute atomic E-state index is 13.2. The molecule has 1 saturated heterocycles. The van der Waals surface area contributed by atoms with E-state index < -0.39 is 17.2 Å². The summed E-state index contributed by atoms with van der Waals surface area (Å²) in [7, 11) is 0. The lowest BCUT2D eigenvalue weighted by atomic mass is 9.92. The van der Waals surface area contributed by atoms with E-state index in [2.05, 4.69) is 10.6 Å². The first-order valence-corrected chi connectivity index (χ1v) is 5.88. The summed E-state index contributed by atoms with van der Waals surface area (Å²) in [6.07, 6.45) is 0. The van der Waals surface area contributed by atoms with E-state index in [0.717, 1.165) is 12.1 Å². The molecule has 1 amide bonds. The molecule has 106 valence electrons. The SMILES string of the molecule is CC(C)(NC(=O)C1CNC1)c1ccc(F)c(F)c1.Cl. The Morgan fingerprint density at radius 2 is 1.95 bits per heavy atom. The Morgan fingerprint density at radius 1 is 1.32 bits per heavy atom. The van der Waals surface area contributed by atoms with Gasteiger partial charge in [-0.2, -0.15) is 0 Å². The maximum Gasteiger partial charge on any atom is 0.226 e. The van der Waals surface area contributed by atoms with Crippen LogP contribution >= 0.6 is 12.4 Å². The molecule has 0 aromatic heterocycles. The van der Waals surface area contributed by atoms with Crippen LogP contribution in [0.2, 0.25) is 0 Å². The second-order valence-corrected chi connectivity index (χ2v) is 5.10. The first-order valence-electron chi connectivity index (χ1n) is 5.88. The van der Waals surface area contributed by atoms with E-state index in [4.69, 9.17) is 0 Å². The van der Waals surface area contributed by atoms with Gasteiger partial charge in [-0.05, 0) is 31.5 Å². The van der Waals surface area contributed by atoms with Gasteiger partial charge in [0.1, 0.15) is 0 Å². The van der Waals surface area contributed by atoms with E-state index in [9.17, 15) is 13.6 Å². The molecule has 0 radical (unpaired) electrons. The van der Waals surface area contributed by atoms with Gasteiger partial charge < -0.3 is 10.6 Å². The summed E-state index contributed by atoms with van der Waals surface area (Å²) < 4.78 is 26.1. The monoisotopic (exact) mass is 290 g/mol. The minimum absolute atomic E-state index is 0. The Kier molecular flexibility index (Phi) is 4.87. The lowest BCUT2D eigenvalue weighted by Crippen LogP contribution is -2.54. The molecule has 0 atom stereocenters. The van der Waals surface area contributed by atoms with Crippen LogP contribution in [0.1, 0.15) is 19.4 Å². The van der Waals surface area contributed by atoms with Crippen LogP contribution in [0.3, 0.4) is 0 Å². The van der Waals surface area contributed by atoms with Crippen molar-refractivity contribution in [3.8, 4) is 0 Å². The van der Waals surface area contributed by atoms with Gasteiger partial charge in [0.25, 0.3) is 0 Å². The smallest absolute Gasteiger partial charge is 0.226 e. The Hall–Kier alpha value is -1.20. The molecule has 2 rings (SSSR count). The fraction of sp³-hybridized carbons (Fsp3) is 0.462. The van der Waals surface area contributed by atoms with E-state index in [1.807, 2.05) is 0 Å². The molecular formula is C13H17ClF2N2O. The Balaban J connectivity index is 0.00000180. The number of hydrogen-bond donors (Lipinski definition) is 2. The maximum atomic E-state index is 13.2. The average Bonchev–Trinajstić information content (AvgIpc) is 2.18. The van der Waals surface area contributed by atoms with Crippen LogP contribution in [0.5, 0.6) is 0 Å². The largest absolute Gasteiger partial charge is 0.347 e. The van der Waals surface area contributed by atoms with Gasteiger partial charge in [0.2, 0.25) is 5.91 Å². The topological polar surface area (TPSA) is 41.1 Å². The van der Waals surface area contributed by atoms with Crippen molar-refractivity contribution in [2.75, 3.05) is 13.1 Å². The highest BCUT2D eigenvalue weighted by Crippen LogP contribution is 2.22. The molecule has 0 saturated carbocycles. The standard InChI is InChI=1S/C13H16F2N2O.ClH/c1-13(2,17-12(18)8-6-16-7-8)9-3-4-10(14)11(15)5-9;/h3-5,8,16H,6-7H2,1-2H3,(H,17,18);1H. The highest BCUT2D eigenvalue weighted by molar-refractivity contribution is 5.85. The van der Waals surface area contributed by atoms with Crippen molar-refractivity contribution in [1.29, 1.82) is 0 Å². The molecular weight excluding hydrogens is 274 g/mol. The van der Waals surface area contributed by atoms with Crippen LogP contribution in [0.15, 0.2) is 18.2 Å². The van der Waals surface area contributed by atoms with Gasteiger partial charge in [0.15, 0.2) is 11.6 Å². The molecule has 0 spiro atoms. The molecule has 3 nitrogen and oxygen atoms in total. The van der Waals surface area contributed by atoms with E-state index in [1.54, 1.807) is 13.8 Å². The summed E-state index contributed by atoms with van der Waals surface area (Å²) in [6.45, 7) is 4.87. The first kappa shape index (κ1) is 15.9. The third-order valence-corrected chi connectivity index (χ3v) is 3.23. The van der Waals surface area contributed by atoms with Gasteiger partial charge >= 0.3 is 0 Å². The molecule has 1 heterocycles. The molecule has 0 unspecified atom stereocenters. The van der Waals surface area contributed by atoms with Crippen LogP contribution in [0.25, 0.3) is 0 Å². The summed E-state index contributed by atoms with van der Waals surface area (Å²) >= 11 is 0. The van der Waals surface area contributed by atoms with Crippen molar-refractivity contribution in [3.05, 3.63) is 35.4 Å². The molecule has 1 aromatic carbocycles. The minimum Gasteiger partial charge on any atom is -0.347 e. The summed E-state index contributed by atoms with van der Waals surface area (Å²) in [4.78, 5) is 11.8. The van der Waals surface area contributed by atoms with Crippen molar-refractivity contribution >= 4 is 18.3 Å². The number of benzene rings is 1. The summed E-state index contributed by atoms with van der Waals surface area (Å²) in [5, 5.41) is 5.87. The van der Waals surface area contributed by atoms with Gasteiger partial charge in [-0.1, -0.05) is 6.07 Å². The van der Waals surface area contributed by atoms with Crippen LogP contribution in [-0.2, 0) is 10.3 Å². The number of carbonyl (C=O) groups is 1. The van der Waals surface area contributed by atoms with E-state index in [-0.39, 0.29) is 24.2 Å². The molecule has 1 fully saturated rings. The normalized spacial score (nSPS) is 15.4. The summed E-state index contributed by atoms with van der Waals surface area (Å²) in [5.41, 5.74) is -0.177. The number of amides is 1. The zero-order chi connectivity index (χ0) is 13.3. The van der Waals surface area contributed by atoms with Gasteiger partial charge in [0, 0.05) is 13.1 Å². The quantitative estimate of drug-likeness (QED) is 0.893. The number of carbonyl (C=O) groups excluding carboxylic acids is 1.